The highest BCUT2D eigenvalue weighted by Gasteiger charge is 2.31. The van der Waals surface area contributed by atoms with Crippen LogP contribution in [0.2, 0.25) is 0 Å². The van der Waals surface area contributed by atoms with Crippen LogP contribution >= 0.6 is 0 Å². The SMILES string of the molecule is CS(=O)(=O)N1CCCC(C(N)=O)C(=O)C1. The molecule has 1 fully saturated rings. The predicted octanol–water partition coefficient (Wildman–Crippen LogP) is -1.29. The molecule has 0 aliphatic carbocycles. The van der Waals surface area contributed by atoms with Crippen molar-refractivity contribution in [2.45, 2.75) is 12.8 Å². The molecule has 2 N–H and O–H groups in total. The Morgan fingerprint density at radius 3 is 2.60 bits per heavy atom. The van der Waals surface area contributed by atoms with Crippen molar-refractivity contribution in [3.05, 3.63) is 0 Å². The Morgan fingerprint density at radius 2 is 2.13 bits per heavy atom. The minimum Gasteiger partial charge on any atom is -0.369 e. The molecule has 1 aliphatic heterocycles. The summed E-state index contributed by atoms with van der Waals surface area (Å²) >= 11 is 0. The maximum absolute atomic E-state index is 11.5. The van der Waals surface area contributed by atoms with Gasteiger partial charge in [0.1, 0.15) is 0 Å². The van der Waals surface area contributed by atoms with Crippen LogP contribution in [0.3, 0.4) is 0 Å². The van der Waals surface area contributed by atoms with Crippen molar-refractivity contribution in [1.82, 2.24) is 4.31 Å². The summed E-state index contributed by atoms with van der Waals surface area (Å²) < 4.78 is 23.5. The highest BCUT2D eigenvalue weighted by Crippen LogP contribution is 2.15. The summed E-state index contributed by atoms with van der Waals surface area (Å²) in [7, 11) is -3.37. The zero-order valence-corrected chi connectivity index (χ0v) is 9.29. The lowest BCUT2D eigenvalue weighted by molar-refractivity contribution is -0.131. The van der Waals surface area contributed by atoms with Crippen molar-refractivity contribution in [1.29, 1.82) is 0 Å². The zero-order chi connectivity index (χ0) is 11.6. The van der Waals surface area contributed by atoms with E-state index in [0.717, 1.165) is 10.6 Å². The lowest BCUT2D eigenvalue weighted by Crippen LogP contribution is -2.37. The van der Waals surface area contributed by atoms with Gasteiger partial charge in [-0.05, 0) is 12.8 Å². The number of hydrogen-bond acceptors (Lipinski definition) is 4. The third-order valence-electron chi connectivity index (χ3n) is 2.43. The minimum atomic E-state index is -3.37. The molecule has 7 heteroatoms. The molecule has 15 heavy (non-hydrogen) atoms. The van der Waals surface area contributed by atoms with Crippen molar-refractivity contribution in [3.8, 4) is 0 Å². The summed E-state index contributed by atoms with van der Waals surface area (Å²) in [4.78, 5) is 22.4. The number of rotatable bonds is 2. The molecule has 0 aromatic carbocycles. The van der Waals surface area contributed by atoms with E-state index in [9.17, 15) is 18.0 Å². The molecule has 1 saturated heterocycles. The molecule has 0 bridgehead atoms. The lowest BCUT2D eigenvalue weighted by atomic mass is 9.99. The molecule has 1 amide bonds. The molecule has 6 nitrogen and oxygen atoms in total. The summed E-state index contributed by atoms with van der Waals surface area (Å²) in [5.41, 5.74) is 5.05. The fourth-order valence-corrected chi connectivity index (χ4v) is 2.40. The number of amides is 1. The molecule has 0 spiro atoms. The number of Topliss-reactive ketones (excluding diaryl/α,β-unsaturated/α-hetero) is 1. The van der Waals surface area contributed by atoms with Crippen LogP contribution in [-0.2, 0) is 19.6 Å². The Kier molecular flexibility index (Phi) is 3.46. The van der Waals surface area contributed by atoms with Crippen molar-refractivity contribution in [2.24, 2.45) is 11.7 Å². The molecule has 1 rings (SSSR count). The van der Waals surface area contributed by atoms with Crippen molar-refractivity contribution in [3.63, 3.8) is 0 Å². The Balaban J connectivity index is 2.83. The molecule has 86 valence electrons. The van der Waals surface area contributed by atoms with Gasteiger partial charge in [-0.3, -0.25) is 9.59 Å². The predicted molar refractivity (Wildman–Crippen MR) is 53.3 cm³/mol. The molecule has 1 heterocycles. The number of hydrogen-bond donors (Lipinski definition) is 1. The molecule has 1 unspecified atom stereocenters. The molecule has 0 aromatic rings. The second-order valence-corrected chi connectivity index (χ2v) is 5.64. The van der Waals surface area contributed by atoms with Gasteiger partial charge in [0.25, 0.3) is 0 Å². The van der Waals surface area contributed by atoms with Crippen molar-refractivity contribution >= 4 is 21.7 Å². The maximum atomic E-state index is 11.5. The van der Waals surface area contributed by atoms with Crippen molar-refractivity contribution in [2.75, 3.05) is 19.3 Å². The van der Waals surface area contributed by atoms with Crippen LogP contribution in [0.15, 0.2) is 0 Å². The standard InChI is InChI=1S/C8H14N2O4S/c1-15(13,14)10-4-2-3-6(8(9)12)7(11)5-10/h6H,2-5H2,1H3,(H2,9,12). The van der Waals surface area contributed by atoms with E-state index in [0.29, 0.717) is 12.8 Å². The van der Waals surface area contributed by atoms with Crippen LogP contribution in [0.5, 0.6) is 0 Å². The number of carbonyl (C=O) groups excluding carboxylic acids is 2. The highest BCUT2D eigenvalue weighted by molar-refractivity contribution is 7.88. The van der Waals surface area contributed by atoms with Gasteiger partial charge in [0, 0.05) is 6.54 Å². The van der Waals surface area contributed by atoms with Crippen LogP contribution in [-0.4, -0.2) is 43.8 Å². The molecule has 1 aliphatic rings. The molecule has 0 aromatic heterocycles. The zero-order valence-electron chi connectivity index (χ0n) is 8.47. The first kappa shape index (κ1) is 12.1. The number of nitrogens with two attached hydrogens (primary N) is 1. The number of primary amides is 1. The van der Waals surface area contributed by atoms with E-state index >= 15 is 0 Å². The van der Waals surface area contributed by atoms with Gasteiger partial charge in [0.2, 0.25) is 15.9 Å². The summed E-state index contributed by atoms with van der Waals surface area (Å²) in [5, 5.41) is 0. The second kappa shape index (κ2) is 4.28. The molecule has 1 atom stereocenters. The normalized spacial score (nSPS) is 24.9. The Labute approximate surface area is 88.5 Å². The average Bonchev–Trinajstić information content (AvgIpc) is 2.25. The number of nitrogens with zero attached hydrogens (tertiary/aromatic N) is 1. The number of carbonyl (C=O) groups is 2. The topological polar surface area (TPSA) is 97.5 Å². The fourth-order valence-electron chi connectivity index (χ4n) is 1.58. The van der Waals surface area contributed by atoms with Gasteiger partial charge in [-0.25, -0.2) is 8.42 Å². The minimum absolute atomic E-state index is 0.244. The van der Waals surface area contributed by atoms with Gasteiger partial charge in [-0.1, -0.05) is 0 Å². The largest absolute Gasteiger partial charge is 0.369 e. The average molecular weight is 234 g/mol. The highest BCUT2D eigenvalue weighted by atomic mass is 32.2. The summed E-state index contributed by atoms with van der Waals surface area (Å²) in [5.74, 6) is -1.92. The van der Waals surface area contributed by atoms with Gasteiger partial charge in [0.05, 0.1) is 18.7 Å². The molecule has 0 radical (unpaired) electrons. The third-order valence-corrected chi connectivity index (χ3v) is 3.68. The van der Waals surface area contributed by atoms with Crippen LogP contribution in [0.4, 0.5) is 0 Å². The van der Waals surface area contributed by atoms with E-state index in [4.69, 9.17) is 5.73 Å². The van der Waals surface area contributed by atoms with Crippen LogP contribution in [0.25, 0.3) is 0 Å². The van der Waals surface area contributed by atoms with E-state index in [2.05, 4.69) is 0 Å². The second-order valence-electron chi connectivity index (χ2n) is 3.66. The fraction of sp³-hybridized carbons (Fsp3) is 0.750. The van der Waals surface area contributed by atoms with Crippen molar-refractivity contribution < 1.29 is 18.0 Å². The number of ketones is 1. The quantitative estimate of drug-likeness (QED) is 0.601. The summed E-state index contributed by atoms with van der Waals surface area (Å²) in [6.07, 6.45) is 1.86. The smallest absolute Gasteiger partial charge is 0.228 e. The summed E-state index contributed by atoms with van der Waals surface area (Å²) in [6.45, 7) is 0.0286. The van der Waals surface area contributed by atoms with Gasteiger partial charge in [-0.2, -0.15) is 4.31 Å². The van der Waals surface area contributed by atoms with Gasteiger partial charge < -0.3 is 5.73 Å². The lowest BCUT2D eigenvalue weighted by Gasteiger charge is -2.15. The first-order valence-corrected chi connectivity index (χ1v) is 6.44. The monoisotopic (exact) mass is 234 g/mol. The Bertz CT molecular complexity index is 376. The van der Waals surface area contributed by atoms with Gasteiger partial charge in [0.15, 0.2) is 5.78 Å². The van der Waals surface area contributed by atoms with Gasteiger partial charge in [-0.15, -0.1) is 0 Å². The van der Waals surface area contributed by atoms with Gasteiger partial charge >= 0.3 is 0 Å². The summed E-state index contributed by atoms with van der Waals surface area (Å²) in [6, 6.07) is 0. The Hall–Kier alpha value is -0.950. The number of sulfonamides is 1. The van der Waals surface area contributed by atoms with E-state index in [1.165, 1.54) is 0 Å². The molecular formula is C8H14N2O4S. The third kappa shape index (κ3) is 3.00. The first-order valence-electron chi connectivity index (χ1n) is 4.59. The van der Waals surface area contributed by atoms with E-state index < -0.39 is 27.6 Å². The van der Waals surface area contributed by atoms with Crippen LogP contribution in [0.1, 0.15) is 12.8 Å². The molecular weight excluding hydrogens is 220 g/mol. The maximum Gasteiger partial charge on any atom is 0.228 e. The van der Waals surface area contributed by atoms with Crippen LogP contribution < -0.4 is 5.73 Å². The van der Waals surface area contributed by atoms with E-state index in [1.54, 1.807) is 0 Å². The molecule has 0 saturated carbocycles. The Morgan fingerprint density at radius 1 is 1.53 bits per heavy atom. The van der Waals surface area contributed by atoms with E-state index in [1.807, 2.05) is 0 Å². The van der Waals surface area contributed by atoms with E-state index in [-0.39, 0.29) is 13.1 Å². The van der Waals surface area contributed by atoms with Crippen LogP contribution in [0, 0.1) is 5.92 Å². The first-order chi connectivity index (χ1) is 6.82.